The average molecular weight is 289 g/mol. The number of nitrogens with zero attached hydrogens (tertiary/aromatic N) is 2. The third-order valence-electron chi connectivity index (χ3n) is 3.55. The minimum Gasteiger partial charge on any atom is -0.383 e. The van der Waals surface area contributed by atoms with E-state index < -0.39 is 0 Å². The van der Waals surface area contributed by atoms with Crippen LogP contribution < -0.4 is 11.1 Å². The molecule has 3 N–H and O–H groups in total. The summed E-state index contributed by atoms with van der Waals surface area (Å²) in [5, 5.41) is 4.07. The Morgan fingerprint density at radius 3 is 2.75 bits per heavy atom. The first-order chi connectivity index (χ1) is 9.65. The Morgan fingerprint density at radius 1 is 1.30 bits per heavy atom. The third kappa shape index (κ3) is 2.70. The zero-order chi connectivity index (χ0) is 14.1. The van der Waals surface area contributed by atoms with E-state index in [0.717, 1.165) is 40.6 Å². The Morgan fingerprint density at radius 2 is 2.05 bits per heavy atom. The Bertz CT molecular complexity index is 638. The first kappa shape index (κ1) is 13.2. The van der Waals surface area contributed by atoms with Crippen LogP contribution in [0, 0.1) is 6.92 Å². The maximum absolute atomic E-state index is 6.16. The zero-order valence-corrected chi connectivity index (χ0v) is 12.1. The van der Waals surface area contributed by atoms with Gasteiger partial charge in [-0.3, -0.25) is 0 Å². The number of benzene rings is 1. The minimum atomic E-state index is 0.485. The van der Waals surface area contributed by atoms with Crippen molar-refractivity contribution in [1.29, 1.82) is 0 Å². The van der Waals surface area contributed by atoms with Crippen LogP contribution in [-0.4, -0.2) is 9.97 Å². The van der Waals surface area contributed by atoms with E-state index in [9.17, 15) is 0 Å². The van der Waals surface area contributed by atoms with Gasteiger partial charge in [0.25, 0.3) is 0 Å². The predicted molar refractivity (Wildman–Crippen MR) is 81.9 cm³/mol. The van der Waals surface area contributed by atoms with Gasteiger partial charge in [-0.25, -0.2) is 9.97 Å². The summed E-state index contributed by atoms with van der Waals surface area (Å²) in [5.41, 5.74) is 7.90. The van der Waals surface area contributed by atoms with E-state index in [0.29, 0.717) is 18.3 Å². The second-order valence-electron chi connectivity index (χ2n) is 5.16. The van der Waals surface area contributed by atoms with Crippen LogP contribution in [0.4, 0.5) is 11.6 Å². The molecule has 5 heteroatoms. The van der Waals surface area contributed by atoms with Crippen LogP contribution >= 0.6 is 11.6 Å². The molecular weight excluding hydrogens is 272 g/mol. The highest BCUT2D eigenvalue weighted by Gasteiger charge is 2.27. The van der Waals surface area contributed by atoms with Crippen LogP contribution in [0.15, 0.2) is 24.3 Å². The lowest BCUT2D eigenvalue weighted by Crippen LogP contribution is -2.09. The van der Waals surface area contributed by atoms with E-state index in [4.69, 9.17) is 17.3 Å². The molecule has 1 fully saturated rings. The summed E-state index contributed by atoms with van der Waals surface area (Å²) < 4.78 is 0. The summed E-state index contributed by atoms with van der Waals surface area (Å²) in [6.45, 7) is 2.56. The van der Waals surface area contributed by atoms with E-state index in [1.54, 1.807) is 0 Å². The summed E-state index contributed by atoms with van der Waals surface area (Å²) in [4.78, 5) is 8.96. The van der Waals surface area contributed by atoms with Gasteiger partial charge < -0.3 is 11.1 Å². The quantitative estimate of drug-likeness (QED) is 0.904. The van der Waals surface area contributed by atoms with E-state index in [-0.39, 0.29) is 0 Å². The van der Waals surface area contributed by atoms with E-state index >= 15 is 0 Å². The summed E-state index contributed by atoms with van der Waals surface area (Å²) in [5.74, 6) is 2.71. The Hall–Kier alpha value is -1.81. The van der Waals surface area contributed by atoms with Crippen LogP contribution in [-0.2, 0) is 6.54 Å². The van der Waals surface area contributed by atoms with Gasteiger partial charge in [-0.1, -0.05) is 29.8 Å². The van der Waals surface area contributed by atoms with E-state index in [1.807, 2.05) is 31.2 Å². The Kier molecular flexibility index (Phi) is 3.49. The van der Waals surface area contributed by atoms with Crippen molar-refractivity contribution in [3.63, 3.8) is 0 Å². The molecule has 1 saturated carbocycles. The fraction of sp³-hybridized carbons (Fsp3) is 0.333. The maximum atomic E-state index is 6.16. The predicted octanol–water partition coefficient (Wildman–Crippen LogP) is 3.51. The molecule has 0 atom stereocenters. The second kappa shape index (κ2) is 5.29. The molecular formula is C15H17ClN4. The molecule has 0 radical (unpaired) electrons. The van der Waals surface area contributed by atoms with Gasteiger partial charge >= 0.3 is 0 Å². The first-order valence-corrected chi connectivity index (χ1v) is 7.14. The molecule has 20 heavy (non-hydrogen) atoms. The molecule has 2 aromatic rings. The highest BCUT2D eigenvalue weighted by atomic mass is 35.5. The Balaban J connectivity index is 1.81. The van der Waals surface area contributed by atoms with Gasteiger partial charge in [0.15, 0.2) is 0 Å². The molecule has 1 aliphatic rings. The molecule has 0 bridgehead atoms. The number of nitrogen functional groups attached to an aromatic ring is 1. The van der Waals surface area contributed by atoms with E-state index in [2.05, 4.69) is 15.3 Å². The SMILES string of the molecule is Cc1c(N)nc(C2CC2)nc1NCc1ccccc1Cl. The van der Waals surface area contributed by atoms with Crippen molar-refractivity contribution in [3.05, 3.63) is 46.2 Å². The van der Waals surface area contributed by atoms with Crippen LogP contribution in [0.3, 0.4) is 0 Å². The monoisotopic (exact) mass is 288 g/mol. The van der Waals surface area contributed by atoms with Crippen LogP contribution in [0.5, 0.6) is 0 Å². The van der Waals surface area contributed by atoms with Gasteiger partial charge in [0.05, 0.1) is 0 Å². The summed E-state index contributed by atoms with van der Waals surface area (Å²) >= 11 is 6.16. The lowest BCUT2D eigenvalue weighted by atomic mass is 10.2. The molecule has 1 heterocycles. The van der Waals surface area contributed by atoms with Gasteiger partial charge in [0, 0.05) is 23.0 Å². The second-order valence-corrected chi connectivity index (χ2v) is 5.57. The Labute approximate surface area is 123 Å². The van der Waals surface area contributed by atoms with Gasteiger partial charge in [0.1, 0.15) is 17.5 Å². The van der Waals surface area contributed by atoms with Gasteiger partial charge in [-0.15, -0.1) is 0 Å². The normalized spacial score (nSPS) is 14.3. The molecule has 1 aromatic carbocycles. The van der Waals surface area contributed by atoms with E-state index in [1.165, 1.54) is 0 Å². The number of anilines is 2. The highest BCUT2D eigenvalue weighted by molar-refractivity contribution is 6.31. The topological polar surface area (TPSA) is 63.8 Å². The summed E-state index contributed by atoms with van der Waals surface area (Å²) in [6.07, 6.45) is 2.32. The van der Waals surface area contributed by atoms with Crippen LogP contribution in [0.1, 0.15) is 35.7 Å². The zero-order valence-electron chi connectivity index (χ0n) is 11.4. The molecule has 0 aliphatic heterocycles. The molecule has 0 unspecified atom stereocenters. The van der Waals surface area contributed by atoms with Crippen molar-refractivity contribution in [2.45, 2.75) is 32.2 Å². The molecule has 0 saturated heterocycles. The molecule has 104 valence electrons. The van der Waals surface area contributed by atoms with Crippen molar-refractivity contribution in [2.24, 2.45) is 0 Å². The average Bonchev–Trinajstić information content (AvgIpc) is 3.26. The van der Waals surface area contributed by atoms with Crippen molar-refractivity contribution in [2.75, 3.05) is 11.1 Å². The summed E-state index contributed by atoms with van der Waals surface area (Å²) in [7, 11) is 0. The number of halogens is 1. The largest absolute Gasteiger partial charge is 0.383 e. The fourth-order valence-electron chi connectivity index (χ4n) is 2.07. The number of nitrogens with one attached hydrogen (secondary N) is 1. The van der Waals surface area contributed by atoms with Crippen molar-refractivity contribution in [3.8, 4) is 0 Å². The van der Waals surface area contributed by atoms with Crippen molar-refractivity contribution >= 4 is 23.2 Å². The highest BCUT2D eigenvalue weighted by Crippen LogP contribution is 2.39. The fourth-order valence-corrected chi connectivity index (χ4v) is 2.27. The maximum Gasteiger partial charge on any atom is 0.136 e. The molecule has 0 amide bonds. The molecule has 1 aliphatic carbocycles. The molecule has 1 aromatic heterocycles. The standard InChI is InChI=1S/C15H17ClN4/c1-9-13(17)19-15(10-6-7-10)20-14(9)18-8-11-4-2-3-5-12(11)16/h2-5,10H,6-8H2,1H3,(H3,17,18,19,20). The number of hydrogen-bond acceptors (Lipinski definition) is 4. The van der Waals surface area contributed by atoms with Crippen molar-refractivity contribution < 1.29 is 0 Å². The van der Waals surface area contributed by atoms with Crippen LogP contribution in [0.2, 0.25) is 5.02 Å². The van der Waals surface area contributed by atoms with Gasteiger partial charge in [-0.2, -0.15) is 0 Å². The first-order valence-electron chi connectivity index (χ1n) is 6.76. The smallest absolute Gasteiger partial charge is 0.136 e. The van der Waals surface area contributed by atoms with Gasteiger partial charge in [-0.05, 0) is 31.4 Å². The van der Waals surface area contributed by atoms with Gasteiger partial charge in [0.2, 0.25) is 0 Å². The number of hydrogen-bond donors (Lipinski definition) is 2. The third-order valence-corrected chi connectivity index (χ3v) is 3.92. The summed E-state index contributed by atoms with van der Waals surface area (Å²) in [6, 6.07) is 7.77. The molecule has 0 spiro atoms. The lowest BCUT2D eigenvalue weighted by molar-refractivity contribution is 0.917. The molecule has 4 nitrogen and oxygen atoms in total. The van der Waals surface area contributed by atoms with Crippen LogP contribution in [0.25, 0.3) is 0 Å². The number of rotatable bonds is 4. The van der Waals surface area contributed by atoms with Crippen molar-refractivity contribution in [1.82, 2.24) is 9.97 Å². The number of aromatic nitrogens is 2. The lowest BCUT2D eigenvalue weighted by Gasteiger charge is -2.12. The number of nitrogens with two attached hydrogens (primary N) is 1. The molecule has 3 rings (SSSR count). The minimum absolute atomic E-state index is 0.485.